The third kappa shape index (κ3) is 6.82. The van der Waals surface area contributed by atoms with E-state index >= 15 is 8.78 Å². The third-order valence-electron chi connectivity index (χ3n) is 8.15. The number of likely N-dealkylation sites (tertiary alicyclic amines) is 2. The SMILES string of the molecule is CC(C)(C)OC(=O)N1CCC[C@H]1C(=O)Cc1ccc2c(c1)C(F)(F)c1cc(NC(=O)[C@@H]3CCCN3C(=O)OC(C)(C)C)ccc1-2. The van der Waals surface area contributed by atoms with Crippen LogP contribution < -0.4 is 5.32 Å². The largest absolute Gasteiger partial charge is 0.444 e. The molecular weight excluding hydrogens is 584 g/mol. The van der Waals surface area contributed by atoms with Crippen LogP contribution in [0.5, 0.6) is 0 Å². The van der Waals surface area contributed by atoms with Crippen LogP contribution >= 0.6 is 0 Å². The molecule has 0 bridgehead atoms. The second-order valence-electron chi connectivity index (χ2n) is 14.0. The first kappa shape index (κ1) is 32.4. The van der Waals surface area contributed by atoms with E-state index in [2.05, 4.69) is 5.32 Å². The zero-order valence-corrected chi connectivity index (χ0v) is 26.7. The van der Waals surface area contributed by atoms with Crippen LogP contribution in [-0.4, -0.2) is 70.1 Å². The number of rotatable bonds is 5. The summed E-state index contributed by atoms with van der Waals surface area (Å²) in [5.41, 5.74) is -0.560. The maximum absolute atomic E-state index is 15.9. The Morgan fingerprint density at radius 3 is 1.89 bits per heavy atom. The van der Waals surface area contributed by atoms with Crippen molar-refractivity contribution < 1.29 is 37.4 Å². The van der Waals surface area contributed by atoms with Gasteiger partial charge in [-0.05, 0) is 102 Å². The number of alkyl halides is 2. The maximum Gasteiger partial charge on any atom is 0.410 e. The lowest BCUT2D eigenvalue weighted by molar-refractivity contribution is -0.122. The van der Waals surface area contributed by atoms with E-state index in [0.717, 1.165) is 0 Å². The molecule has 0 aromatic heterocycles. The highest BCUT2D eigenvalue weighted by Gasteiger charge is 2.45. The molecule has 242 valence electrons. The molecule has 2 aliphatic heterocycles. The molecule has 5 rings (SSSR count). The minimum atomic E-state index is -3.36. The predicted octanol–water partition coefficient (Wildman–Crippen LogP) is 6.66. The quantitative estimate of drug-likeness (QED) is 0.399. The molecule has 2 heterocycles. The molecule has 2 fully saturated rings. The molecular formula is C34H41F2N3O6. The molecule has 3 amide bonds. The van der Waals surface area contributed by atoms with Crippen LogP contribution in [0.1, 0.15) is 83.9 Å². The van der Waals surface area contributed by atoms with Crippen LogP contribution in [0.4, 0.5) is 24.1 Å². The van der Waals surface area contributed by atoms with Gasteiger partial charge in [0.05, 0.1) is 6.04 Å². The van der Waals surface area contributed by atoms with Crippen molar-refractivity contribution in [1.29, 1.82) is 0 Å². The fourth-order valence-corrected chi connectivity index (χ4v) is 6.22. The summed E-state index contributed by atoms with van der Waals surface area (Å²) in [5.74, 6) is -4.06. The van der Waals surface area contributed by atoms with E-state index in [4.69, 9.17) is 9.47 Å². The molecule has 45 heavy (non-hydrogen) atoms. The average molecular weight is 626 g/mol. The van der Waals surface area contributed by atoms with E-state index in [1.165, 1.54) is 21.9 Å². The molecule has 0 spiro atoms. The van der Waals surface area contributed by atoms with Crippen molar-refractivity contribution in [3.63, 3.8) is 0 Å². The number of hydrogen-bond acceptors (Lipinski definition) is 6. The first-order chi connectivity index (χ1) is 20.9. The Hall–Kier alpha value is -4.02. The Balaban J connectivity index is 1.29. The predicted molar refractivity (Wildman–Crippen MR) is 164 cm³/mol. The summed E-state index contributed by atoms with van der Waals surface area (Å²) in [6, 6.07) is 7.56. The van der Waals surface area contributed by atoms with Gasteiger partial charge in [0.2, 0.25) is 5.91 Å². The van der Waals surface area contributed by atoms with Gasteiger partial charge in [-0.15, -0.1) is 0 Å². The number of anilines is 1. The van der Waals surface area contributed by atoms with E-state index in [-0.39, 0.29) is 29.0 Å². The first-order valence-electron chi connectivity index (χ1n) is 15.4. The number of halogens is 2. The molecule has 9 nitrogen and oxygen atoms in total. The molecule has 11 heteroatoms. The van der Waals surface area contributed by atoms with Crippen molar-refractivity contribution in [3.05, 3.63) is 53.1 Å². The summed E-state index contributed by atoms with van der Waals surface area (Å²) in [6.45, 7) is 11.3. The minimum absolute atomic E-state index is 0.0967. The number of amides is 3. The fourth-order valence-electron chi connectivity index (χ4n) is 6.22. The molecule has 3 aliphatic rings. The number of Topliss-reactive ketones (excluding diaryl/α,β-unsaturated/α-hetero) is 1. The molecule has 2 aromatic carbocycles. The number of ether oxygens (including phenoxy) is 2. The maximum atomic E-state index is 15.9. The van der Waals surface area contributed by atoms with Gasteiger partial charge in [-0.1, -0.05) is 18.2 Å². The van der Waals surface area contributed by atoms with Gasteiger partial charge in [0.1, 0.15) is 17.2 Å². The standard InChI is InChI=1S/C34H41F2N3O6/c1-32(2,3)44-30(42)38-15-7-9-26(38)28(40)18-20-11-13-22-23-14-12-21(19-25(23)34(35,36)24(22)17-20)37-29(41)27-10-8-16-39(27)31(43)45-33(4,5)6/h11-14,17,19,26-27H,7-10,15-16,18H2,1-6H3,(H,37,41)/t26-,27-/m0/s1. The Morgan fingerprint density at radius 2 is 1.31 bits per heavy atom. The smallest absolute Gasteiger partial charge is 0.410 e. The van der Waals surface area contributed by atoms with Gasteiger partial charge in [0, 0.05) is 36.3 Å². The summed E-state index contributed by atoms with van der Waals surface area (Å²) in [7, 11) is 0. The lowest BCUT2D eigenvalue weighted by atomic mass is 9.97. The van der Waals surface area contributed by atoms with Crippen molar-refractivity contribution in [1.82, 2.24) is 9.80 Å². The van der Waals surface area contributed by atoms with Crippen LogP contribution in [0.2, 0.25) is 0 Å². The van der Waals surface area contributed by atoms with E-state index < -0.39 is 47.3 Å². The summed E-state index contributed by atoms with van der Waals surface area (Å²) in [6.07, 6.45) is 0.982. The molecule has 2 aromatic rings. The fraction of sp³-hybridized carbons (Fsp3) is 0.529. The number of carbonyl (C=O) groups is 4. The average Bonchev–Trinajstić information content (AvgIpc) is 3.65. The topological polar surface area (TPSA) is 105 Å². The van der Waals surface area contributed by atoms with Crippen molar-refractivity contribution in [2.45, 2.75) is 103 Å². The Kier molecular flexibility index (Phi) is 8.44. The second-order valence-corrected chi connectivity index (χ2v) is 14.0. The van der Waals surface area contributed by atoms with Gasteiger partial charge in [-0.2, -0.15) is 8.78 Å². The van der Waals surface area contributed by atoms with Crippen LogP contribution in [0.25, 0.3) is 11.1 Å². The zero-order valence-electron chi connectivity index (χ0n) is 26.7. The van der Waals surface area contributed by atoms with Gasteiger partial charge >= 0.3 is 12.2 Å². The summed E-state index contributed by atoms with van der Waals surface area (Å²) in [5, 5.41) is 2.71. The minimum Gasteiger partial charge on any atom is -0.444 e. The molecule has 0 saturated carbocycles. The number of carbonyl (C=O) groups excluding carboxylic acids is 4. The van der Waals surface area contributed by atoms with E-state index in [9.17, 15) is 19.2 Å². The summed E-state index contributed by atoms with van der Waals surface area (Å²) in [4.78, 5) is 54.5. The number of hydrogen-bond donors (Lipinski definition) is 1. The molecule has 0 radical (unpaired) electrons. The van der Waals surface area contributed by atoms with Gasteiger partial charge in [-0.25, -0.2) is 9.59 Å². The van der Waals surface area contributed by atoms with Gasteiger partial charge < -0.3 is 14.8 Å². The number of fused-ring (bicyclic) bond motifs is 3. The van der Waals surface area contributed by atoms with Crippen LogP contribution in [0.15, 0.2) is 36.4 Å². The Labute approximate surface area is 262 Å². The van der Waals surface area contributed by atoms with E-state index in [0.29, 0.717) is 55.5 Å². The van der Waals surface area contributed by atoms with Crippen LogP contribution in [-0.2, 0) is 31.4 Å². The van der Waals surface area contributed by atoms with Crippen molar-refractivity contribution in [2.24, 2.45) is 0 Å². The van der Waals surface area contributed by atoms with Crippen LogP contribution in [0, 0.1) is 0 Å². The number of nitrogens with zero attached hydrogens (tertiary/aromatic N) is 2. The van der Waals surface area contributed by atoms with Gasteiger partial charge in [0.15, 0.2) is 5.78 Å². The summed E-state index contributed by atoms with van der Waals surface area (Å²) >= 11 is 0. The Morgan fingerprint density at radius 1 is 0.800 bits per heavy atom. The van der Waals surface area contributed by atoms with Gasteiger partial charge in [0.25, 0.3) is 5.92 Å². The number of benzene rings is 2. The van der Waals surface area contributed by atoms with Gasteiger partial charge in [-0.3, -0.25) is 19.4 Å². The van der Waals surface area contributed by atoms with E-state index in [1.54, 1.807) is 65.8 Å². The highest BCUT2D eigenvalue weighted by molar-refractivity contribution is 5.97. The van der Waals surface area contributed by atoms with E-state index in [1.807, 2.05) is 0 Å². The lowest BCUT2D eigenvalue weighted by Crippen LogP contribution is -2.45. The van der Waals surface area contributed by atoms with Crippen LogP contribution in [0.3, 0.4) is 0 Å². The highest BCUT2D eigenvalue weighted by atomic mass is 19.3. The molecule has 1 N–H and O–H groups in total. The highest BCUT2D eigenvalue weighted by Crippen LogP contribution is 2.52. The van der Waals surface area contributed by atoms with Crippen molar-refractivity contribution in [3.8, 4) is 11.1 Å². The van der Waals surface area contributed by atoms with Crippen molar-refractivity contribution >= 4 is 29.6 Å². The third-order valence-corrected chi connectivity index (χ3v) is 8.15. The number of ketones is 1. The first-order valence-corrected chi connectivity index (χ1v) is 15.4. The molecule has 0 unspecified atom stereocenters. The monoisotopic (exact) mass is 625 g/mol. The normalized spacial score (nSPS) is 20.4. The lowest BCUT2D eigenvalue weighted by Gasteiger charge is -2.28. The second kappa shape index (κ2) is 11.7. The Bertz CT molecular complexity index is 1420. The zero-order chi connectivity index (χ0) is 32.9. The molecule has 1 aliphatic carbocycles. The molecule has 2 atom stereocenters. The number of nitrogens with one attached hydrogen (secondary N) is 1. The van der Waals surface area contributed by atoms with Crippen molar-refractivity contribution in [2.75, 3.05) is 18.4 Å². The summed E-state index contributed by atoms with van der Waals surface area (Å²) < 4.78 is 42.7. The molecule has 2 saturated heterocycles.